The largest absolute Gasteiger partial charge is 0.497 e. The topological polar surface area (TPSA) is 95.4 Å². The van der Waals surface area contributed by atoms with Gasteiger partial charge in [-0.1, -0.05) is 18.7 Å². The van der Waals surface area contributed by atoms with Crippen molar-refractivity contribution >= 4 is 16.6 Å². The second-order valence-corrected chi connectivity index (χ2v) is 7.58. The van der Waals surface area contributed by atoms with Gasteiger partial charge in [0.25, 0.3) is 0 Å². The van der Waals surface area contributed by atoms with Crippen molar-refractivity contribution in [2.75, 3.05) is 14.2 Å². The molecule has 4 rings (SSSR count). The normalized spacial score (nSPS) is 11.5. The van der Waals surface area contributed by atoms with Gasteiger partial charge in [0.1, 0.15) is 34.2 Å². The van der Waals surface area contributed by atoms with Crippen LogP contribution in [-0.2, 0) is 19.3 Å². The summed E-state index contributed by atoms with van der Waals surface area (Å²) in [6.07, 6.45) is -4.59. The second kappa shape index (κ2) is 9.67. The first-order valence-electron chi connectivity index (χ1n) is 10.6. The smallest absolute Gasteiger partial charge is 0.433 e. The lowest BCUT2D eigenvalue weighted by atomic mass is 10.1. The molecule has 0 atom stereocenters. The number of alkyl halides is 3. The molecule has 2 aromatic heterocycles. The van der Waals surface area contributed by atoms with E-state index in [-0.39, 0.29) is 23.7 Å². The van der Waals surface area contributed by atoms with Crippen LogP contribution in [0, 0.1) is 0 Å². The van der Waals surface area contributed by atoms with Crippen molar-refractivity contribution in [3.05, 3.63) is 77.8 Å². The molecule has 4 aromatic rings. The van der Waals surface area contributed by atoms with Gasteiger partial charge in [-0.15, -0.1) is 0 Å². The average Bonchev–Trinajstić information content (AvgIpc) is 3.30. The quantitative estimate of drug-likeness (QED) is 0.357. The van der Waals surface area contributed by atoms with E-state index in [2.05, 4.69) is 21.9 Å². The number of hydrogen-bond donors (Lipinski definition) is 2. The molecule has 0 bridgehead atoms. The zero-order chi connectivity index (χ0) is 25.2. The van der Waals surface area contributed by atoms with Crippen LogP contribution in [0.1, 0.15) is 22.7 Å². The van der Waals surface area contributed by atoms with Crippen molar-refractivity contribution in [1.82, 2.24) is 15.3 Å². The second-order valence-electron chi connectivity index (χ2n) is 7.58. The summed E-state index contributed by atoms with van der Waals surface area (Å²) in [6, 6.07) is 13.0. The minimum Gasteiger partial charge on any atom is -0.497 e. The number of aromatic nitrogens is 2. The molecular formula is C25H23F3N4O3. The number of pyridine rings is 1. The Morgan fingerprint density at radius 3 is 2.57 bits per heavy atom. The molecule has 0 spiro atoms. The molecule has 182 valence electrons. The number of nitrogens with zero attached hydrogens (tertiary/aromatic N) is 2. The maximum atomic E-state index is 13.2. The summed E-state index contributed by atoms with van der Waals surface area (Å²) in [5.41, 5.74) is 7.22. The highest BCUT2D eigenvalue weighted by molar-refractivity contribution is 5.96. The number of rotatable bonds is 8. The minimum absolute atomic E-state index is 0.0452. The van der Waals surface area contributed by atoms with Crippen molar-refractivity contribution in [2.24, 2.45) is 5.73 Å². The number of nitrogens with one attached hydrogen (secondary N) is 1. The van der Waals surface area contributed by atoms with Gasteiger partial charge in [0.05, 0.1) is 26.5 Å². The fourth-order valence-electron chi connectivity index (χ4n) is 3.62. The number of fused-ring (bicyclic) bond motifs is 1. The molecule has 3 N–H and O–H groups in total. The van der Waals surface area contributed by atoms with Gasteiger partial charge in [-0.3, -0.25) is 0 Å². The SMILES string of the molecule is C=C(NCc1cccc(OC)c1)c1nc(-c2ccc(OC)c3nc(C(F)(F)F)ccc23)oc1CN. The highest BCUT2D eigenvalue weighted by atomic mass is 19.4. The zero-order valence-electron chi connectivity index (χ0n) is 19.1. The highest BCUT2D eigenvalue weighted by Crippen LogP contribution is 2.37. The number of nitrogens with two attached hydrogens (primary N) is 1. The summed E-state index contributed by atoms with van der Waals surface area (Å²) in [5.74, 6) is 1.49. The first-order valence-corrected chi connectivity index (χ1v) is 10.6. The van der Waals surface area contributed by atoms with Crippen molar-refractivity contribution < 1.29 is 27.1 Å². The Hall–Kier alpha value is -4.05. The third kappa shape index (κ3) is 4.92. The van der Waals surface area contributed by atoms with E-state index in [1.54, 1.807) is 13.2 Å². The molecule has 0 amide bonds. The van der Waals surface area contributed by atoms with Gasteiger partial charge in [0.2, 0.25) is 5.89 Å². The molecule has 10 heteroatoms. The van der Waals surface area contributed by atoms with Gasteiger partial charge in [-0.25, -0.2) is 9.97 Å². The van der Waals surface area contributed by atoms with Gasteiger partial charge in [-0.2, -0.15) is 13.2 Å². The summed E-state index contributed by atoms with van der Waals surface area (Å²) < 4.78 is 56.1. The standard InChI is InChI=1S/C25H23F3N4O3/c1-14(30-13-15-5-4-6-16(11-15)33-2)22-20(12-29)35-24(32-22)18-7-9-19(34-3)23-17(18)8-10-21(31-23)25(26,27)28/h4-11,30H,1,12-13,29H2,2-3H3. The molecule has 0 aliphatic rings. The summed E-state index contributed by atoms with van der Waals surface area (Å²) >= 11 is 0. The van der Waals surface area contributed by atoms with Crippen molar-refractivity contribution in [3.8, 4) is 23.0 Å². The molecule has 0 aliphatic carbocycles. The third-order valence-corrected chi connectivity index (χ3v) is 5.37. The summed E-state index contributed by atoms with van der Waals surface area (Å²) in [7, 11) is 2.96. The van der Waals surface area contributed by atoms with E-state index in [0.29, 0.717) is 34.6 Å². The van der Waals surface area contributed by atoms with Crippen LogP contribution in [0.2, 0.25) is 0 Å². The van der Waals surface area contributed by atoms with E-state index in [4.69, 9.17) is 19.6 Å². The Labute approximate surface area is 199 Å². The van der Waals surface area contributed by atoms with Crippen LogP contribution >= 0.6 is 0 Å². The van der Waals surface area contributed by atoms with Gasteiger partial charge < -0.3 is 24.9 Å². The van der Waals surface area contributed by atoms with E-state index in [1.165, 1.54) is 19.2 Å². The monoisotopic (exact) mass is 484 g/mol. The maximum Gasteiger partial charge on any atom is 0.433 e. The van der Waals surface area contributed by atoms with Crippen LogP contribution in [0.25, 0.3) is 28.1 Å². The van der Waals surface area contributed by atoms with E-state index in [0.717, 1.165) is 17.4 Å². The summed E-state index contributed by atoms with van der Waals surface area (Å²) in [4.78, 5) is 8.33. The lowest BCUT2D eigenvalue weighted by molar-refractivity contribution is -0.140. The summed E-state index contributed by atoms with van der Waals surface area (Å²) in [5, 5.41) is 3.59. The fraction of sp³-hybridized carbons (Fsp3) is 0.200. The van der Waals surface area contributed by atoms with Gasteiger partial charge in [0, 0.05) is 17.5 Å². The maximum absolute atomic E-state index is 13.2. The van der Waals surface area contributed by atoms with E-state index in [1.807, 2.05) is 24.3 Å². The Morgan fingerprint density at radius 1 is 1.09 bits per heavy atom. The predicted molar refractivity (Wildman–Crippen MR) is 126 cm³/mol. The van der Waals surface area contributed by atoms with Gasteiger partial charge >= 0.3 is 6.18 Å². The van der Waals surface area contributed by atoms with Crippen LogP contribution in [0.15, 0.2) is 59.5 Å². The molecular weight excluding hydrogens is 461 g/mol. The lowest BCUT2D eigenvalue weighted by Gasteiger charge is -2.11. The van der Waals surface area contributed by atoms with E-state index >= 15 is 0 Å². The fourth-order valence-corrected chi connectivity index (χ4v) is 3.62. The third-order valence-electron chi connectivity index (χ3n) is 5.37. The minimum atomic E-state index is -4.59. The molecule has 0 radical (unpaired) electrons. The number of halogens is 3. The van der Waals surface area contributed by atoms with Gasteiger partial charge in [0.15, 0.2) is 0 Å². The van der Waals surface area contributed by atoms with Crippen molar-refractivity contribution in [2.45, 2.75) is 19.3 Å². The average molecular weight is 484 g/mol. The van der Waals surface area contributed by atoms with Crippen LogP contribution < -0.4 is 20.5 Å². The van der Waals surface area contributed by atoms with Crippen molar-refractivity contribution in [1.29, 1.82) is 0 Å². The molecule has 0 aliphatic heterocycles. The molecule has 0 saturated heterocycles. The molecule has 2 heterocycles. The number of oxazole rings is 1. The Morgan fingerprint density at radius 2 is 1.89 bits per heavy atom. The lowest BCUT2D eigenvalue weighted by Crippen LogP contribution is -2.13. The van der Waals surface area contributed by atoms with E-state index < -0.39 is 11.9 Å². The molecule has 0 fully saturated rings. The summed E-state index contributed by atoms with van der Waals surface area (Å²) in [6.45, 7) is 4.55. The molecule has 0 unspecified atom stereocenters. The van der Waals surface area contributed by atoms with E-state index in [9.17, 15) is 13.2 Å². The van der Waals surface area contributed by atoms with Crippen LogP contribution in [0.4, 0.5) is 13.2 Å². The number of benzene rings is 2. The molecule has 2 aromatic carbocycles. The number of methoxy groups -OCH3 is 2. The Bertz CT molecular complexity index is 1380. The molecule has 0 saturated carbocycles. The van der Waals surface area contributed by atoms with Crippen LogP contribution in [0.3, 0.4) is 0 Å². The Kier molecular flexibility index (Phi) is 6.65. The first kappa shape index (κ1) is 24.1. The molecule has 7 nitrogen and oxygen atoms in total. The first-order chi connectivity index (χ1) is 16.7. The predicted octanol–water partition coefficient (Wildman–Crippen LogP) is 5.15. The zero-order valence-corrected chi connectivity index (χ0v) is 19.1. The molecule has 35 heavy (non-hydrogen) atoms. The highest BCUT2D eigenvalue weighted by Gasteiger charge is 2.33. The number of ether oxygens (including phenoxy) is 2. The van der Waals surface area contributed by atoms with Crippen LogP contribution in [-0.4, -0.2) is 24.2 Å². The Balaban J connectivity index is 1.69. The number of hydrogen-bond acceptors (Lipinski definition) is 7. The van der Waals surface area contributed by atoms with Crippen LogP contribution in [0.5, 0.6) is 11.5 Å². The van der Waals surface area contributed by atoms with Crippen molar-refractivity contribution in [3.63, 3.8) is 0 Å². The van der Waals surface area contributed by atoms with Gasteiger partial charge in [-0.05, 0) is 42.0 Å².